The Kier molecular flexibility index (Phi) is 7.40. The van der Waals surface area contributed by atoms with E-state index in [1.165, 1.54) is 4.90 Å². The van der Waals surface area contributed by atoms with E-state index in [1.54, 1.807) is 19.4 Å². The van der Waals surface area contributed by atoms with Crippen LogP contribution in [0.15, 0.2) is 42.9 Å². The zero-order chi connectivity index (χ0) is 19.8. The monoisotopic (exact) mass is 372 g/mol. The molecule has 1 aromatic carbocycles. The van der Waals surface area contributed by atoms with Crippen LogP contribution >= 0.6 is 0 Å². The van der Waals surface area contributed by atoms with Gasteiger partial charge in [0.05, 0.1) is 12.4 Å². The first-order valence-corrected chi connectivity index (χ1v) is 9.24. The Morgan fingerprint density at radius 3 is 2.48 bits per heavy atom. The Morgan fingerprint density at radius 1 is 1.26 bits per heavy atom. The maximum atomic E-state index is 12.9. The van der Waals surface area contributed by atoms with Gasteiger partial charge < -0.3 is 20.3 Å². The molecule has 0 saturated heterocycles. The van der Waals surface area contributed by atoms with Crippen molar-refractivity contribution in [1.29, 1.82) is 0 Å². The minimum absolute atomic E-state index is 0.169. The second-order valence-corrected chi connectivity index (χ2v) is 6.96. The lowest BCUT2D eigenvalue weighted by atomic mass is 10.0. The fourth-order valence-electron chi connectivity index (χ4n) is 3.10. The number of nitrogens with zero attached hydrogens (tertiary/aromatic N) is 2. The van der Waals surface area contributed by atoms with E-state index in [9.17, 15) is 14.7 Å². The molecular weight excluding hydrogens is 344 g/mol. The van der Waals surface area contributed by atoms with Crippen molar-refractivity contribution in [1.82, 2.24) is 20.2 Å². The summed E-state index contributed by atoms with van der Waals surface area (Å²) in [7, 11) is 0. The van der Waals surface area contributed by atoms with Crippen LogP contribution in [0.5, 0.6) is 0 Å². The van der Waals surface area contributed by atoms with E-state index in [-0.39, 0.29) is 18.0 Å². The first-order valence-electron chi connectivity index (χ1n) is 9.24. The summed E-state index contributed by atoms with van der Waals surface area (Å²) in [5, 5.41) is 12.6. The van der Waals surface area contributed by atoms with Crippen molar-refractivity contribution in [3.8, 4) is 0 Å². The van der Waals surface area contributed by atoms with Crippen LogP contribution in [-0.4, -0.2) is 44.6 Å². The van der Waals surface area contributed by atoms with Gasteiger partial charge in [-0.15, -0.1) is 0 Å². The quantitative estimate of drug-likeness (QED) is 0.629. The Bertz CT molecular complexity index is 716. The van der Waals surface area contributed by atoms with E-state index in [0.717, 1.165) is 11.3 Å². The molecule has 0 radical (unpaired) electrons. The molecule has 2 atom stereocenters. The van der Waals surface area contributed by atoms with Crippen molar-refractivity contribution < 1.29 is 14.7 Å². The number of carbonyl (C=O) groups is 2. The summed E-state index contributed by atoms with van der Waals surface area (Å²) >= 11 is 0. The van der Waals surface area contributed by atoms with E-state index in [0.29, 0.717) is 19.4 Å². The molecule has 0 bridgehead atoms. The molecule has 27 heavy (non-hydrogen) atoms. The second-order valence-electron chi connectivity index (χ2n) is 6.96. The molecule has 146 valence electrons. The zero-order valence-electron chi connectivity index (χ0n) is 16.1. The molecule has 2 unspecified atom stereocenters. The Balaban J connectivity index is 2.21. The van der Waals surface area contributed by atoms with Crippen molar-refractivity contribution in [3.63, 3.8) is 0 Å². The van der Waals surface area contributed by atoms with Crippen LogP contribution in [0.25, 0.3) is 0 Å². The lowest BCUT2D eigenvalue weighted by molar-refractivity contribution is -0.142. The van der Waals surface area contributed by atoms with E-state index >= 15 is 0 Å². The number of hydrogen-bond donors (Lipinski definition) is 3. The van der Waals surface area contributed by atoms with Crippen LogP contribution in [0.1, 0.15) is 44.5 Å². The number of carbonyl (C=O) groups excluding carboxylic acids is 1. The standard InChI is InChI=1S/C20H28N4O3/c1-4-24(18(19(25)26)10-14(2)3)20(27)23-17(11-16-12-21-13-22-16)15-8-6-5-7-9-15/h5-9,12-14,17-18H,4,10-11H2,1-3H3,(H,21,22)(H,23,27)(H,25,26). The summed E-state index contributed by atoms with van der Waals surface area (Å²) < 4.78 is 0. The number of likely N-dealkylation sites (N-methyl/N-ethyl adjacent to an activating group) is 1. The Morgan fingerprint density at radius 2 is 1.96 bits per heavy atom. The van der Waals surface area contributed by atoms with Gasteiger partial charge in [0.1, 0.15) is 6.04 Å². The summed E-state index contributed by atoms with van der Waals surface area (Å²) in [6, 6.07) is 8.12. The van der Waals surface area contributed by atoms with E-state index in [1.807, 2.05) is 44.2 Å². The van der Waals surface area contributed by atoms with Crippen molar-refractivity contribution in [3.05, 3.63) is 54.1 Å². The number of aromatic nitrogens is 2. The lowest BCUT2D eigenvalue weighted by Crippen LogP contribution is -2.51. The molecule has 0 fully saturated rings. The molecule has 2 rings (SSSR count). The van der Waals surface area contributed by atoms with Gasteiger partial charge >= 0.3 is 12.0 Å². The lowest BCUT2D eigenvalue weighted by Gasteiger charge is -2.31. The number of urea groups is 1. The van der Waals surface area contributed by atoms with Gasteiger partial charge in [0.2, 0.25) is 0 Å². The molecule has 0 saturated carbocycles. The summed E-state index contributed by atoms with van der Waals surface area (Å²) in [6.07, 6.45) is 4.27. The minimum Gasteiger partial charge on any atom is -0.480 e. The van der Waals surface area contributed by atoms with E-state index in [2.05, 4.69) is 15.3 Å². The fraction of sp³-hybridized carbons (Fsp3) is 0.450. The predicted octanol–water partition coefficient (Wildman–Crippen LogP) is 3.22. The summed E-state index contributed by atoms with van der Waals surface area (Å²) in [4.78, 5) is 33.1. The number of benzene rings is 1. The smallest absolute Gasteiger partial charge is 0.326 e. The van der Waals surface area contributed by atoms with Gasteiger partial charge in [-0.3, -0.25) is 0 Å². The molecule has 1 heterocycles. The van der Waals surface area contributed by atoms with Crippen molar-refractivity contribution in [2.45, 2.75) is 45.7 Å². The van der Waals surface area contributed by atoms with Gasteiger partial charge in [0.15, 0.2) is 0 Å². The number of imidazole rings is 1. The molecule has 7 nitrogen and oxygen atoms in total. The van der Waals surface area contributed by atoms with Crippen LogP contribution in [0.3, 0.4) is 0 Å². The maximum Gasteiger partial charge on any atom is 0.326 e. The molecule has 2 amide bonds. The number of aliphatic carboxylic acids is 1. The molecule has 3 N–H and O–H groups in total. The molecule has 0 aliphatic carbocycles. The van der Waals surface area contributed by atoms with Gasteiger partial charge in [-0.25, -0.2) is 14.6 Å². The average Bonchev–Trinajstić information content (AvgIpc) is 3.14. The molecule has 7 heteroatoms. The SMILES string of the molecule is CCN(C(=O)NC(Cc1cnc[nH]1)c1ccccc1)C(CC(C)C)C(=O)O. The second kappa shape index (κ2) is 9.75. The topological polar surface area (TPSA) is 98.3 Å². The highest BCUT2D eigenvalue weighted by atomic mass is 16.4. The third-order valence-electron chi connectivity index (χ3n) is 4.44. The van der Waals surface area contributed by atoms with Crippen LogP contribution in [-0.2, 0) is 11.2 Å². The molecule has 0 spiro atoms. The molecule has 0 aliphatic heterocycles. The highest BCUT2D eigenvalue weighted by Gasteiger charge is 2.30. The molecule has 0 aliphatic rings. The first-order chi connectivity index (χ1) is 12.9. The maximum absolute atomic E-state index is 12.9. The third kappa shape index (κ3) is 5.84. The zero-order valence-corrected chi connectivity index (χ0v) is 16.1. The molecule has 1 aromatic heterocycles. The number of H-pyrrole nitrogens is 1. The number of carboxylic acids is 1. The number of amides is 2. The Labute approximate surface area is 159 Å². The third-order valence-corrected chi connectivity index (χ3v) is 4.44. The van der Waals surface area contributed by atoms with Gasteiger partial charge in [-0.2, -0.15) is 0 Å². The number of hydrogen-bond acceptors (Lipinski definition) is 3. The largest absolute Gasteiger partial charge is 0.480 e. The fourth-order valence-corrected chi connectivity index (χ4v) is 3.10. The van der Waals surface area contributed by atoms with Crippen LogP contribution < -0.4 is 5.32 Å². The summed E-state index contributed by atoms with van der Waals surface area (Å²) in [6.45, 7) is 6.02. The molecule has 2 aromatic rings. The van der Waals surface area contributed by atoms with Gasteiger partial charge in [0.25, 0.3) is 0 Å². The van der Waals surface area contributed by atoms with Crippen LogP contribution in [0, 0.1) is 5.92 Å². The van der Waals surface area contributed by atoms with Crippen molar-refractivity contribution in [2.75, 3.05) is 6.54 Å². The minimum atomic E-state index is -0.981. The average molecular weight is 372 g/mol. The molecular formula is C20H28N4O3. The normalized spacial score (nSPS) is 13.2. The van der Waals surface area contributed by atoms with Crippen molar-refractivity contribution in [2.24, 2.45) is 5.92 Å². The highest BCUT2D eigenvalue weighted by molar-refractivity contribution is 5.83. The Hall–Kier alpha value is -2.83. The highest BCUT2D eigenvalue weighted by Crippen LogP contribution is 2.19. The van der Waals surface area contributed by atoms with E-state index in [4.69, 9.17) is 0 Å². The predicted molar refractivity (Wildman–Crippen MR) is 103 cm³/mol. The number of carboxylic acid groups (broad SMARTS) is 1. The number of rotatable bonds is 9. The van der Waals surface area contributed by atoms with Crippen LogP contribution in [0.4, 0.5) is 4.79 Å². The number of aromatic amines is 1. The van der Waals surface area contributed by atoms with E-state index < -0.39 is 12.0 Å². The number of nitrogens with one attached hydrogen (secondary N) is 2. The summed E-state index contributed by atoms with van der Waals surface area (Å²) in [5.74, 6) is -0.812. The van der Waals surface area contributed by atoms with Gasteiger partial charge in [-0.05, 0) is 24.8 Å². The summed E-state index contributed by atoms with van der Waals surface area (Å²) in [5.41, 5.74) is 1.84. The first kappa shape index (κ1) is 20.5. The van der Waals surface area contributed by atoms with Crippen LogP contribution in [0.2, 0.25) is 0 Å². The van der Waals surface area contributed by atoms with Crippen molar-refractivity contribution >= 4 is 12.0 Å². The van der Waals surface area contributed by atoms with Gasteiger partial charge in [0, 0.05) is 24.9 Å². The van der Waals surface area contributed by atoms with Gasteiger partial charge in [-0.1, -0.05) is 44.2 Å².